The van der Waals surface area contributed by atoms with Gasteiger partial charge in [0.15, 0.2) is 0 Å². The second kappa shape index (κ2) is 4.91. The van der Waals surface area contributed by atoms with Crippen molar-refractivity contribution in [1.82, 2.24) is 5.32 Å². The number of carbonyl (C=O) groups is 1. The van der Waals surface area contributed by atoms with E-state index in [0.29, 0.717) is 5.56 Å². The van der Waals surface area contributed by atoms with Crippen LogP contribution >= 0.6 is 0 Å². The molecule has 1 N–H and O–H groups in total. The molecule has 0 heterocycles. The first-order chi connectivity index (χ1) is 6.34. The van der Waals surface area contributed by atoms with Crippen LogP contribution in [0.2, 0.25) is 0 Å². The maximum atomic E-state index is 11.3. The van der Waals surface area contributed by atoms with E-state index in [1.165, 1.54) is 6.08 Å². The lowest BCUT2D eigenvalue weighted by molar-refractivity contribution is 0.0958. The smallest absolute Gasteiger partial charge is 0.251 e. The summed E-state index contributed by atoms with van der Waals surface area (Å²) in [5, 5.41) is 2.54. The van der Waals surface area contributed by atoms with Crippen molar-refractivity contribution >= 4 is 11.8 Å². The predicted octanol–water partition coefficient (Wildman–Crippen LogP) is 0.804. The number of benzene rings is 1. The van der Waals surface area contributed by atoms with Crippen LogP contribution in [-0.2, 0) is 4.79 Å². The largest absolute Gasteiger partial charge is 0.348 e. The summed E-state index contributed by atoms with van der Waals surface area (Å²) in [7, 11) is 0. The molecule has 0 bridgehead atoms. The molecule has 0 spiro atoms. The van der Waals surface area contributed by atoms with Crippen molar-refractivity contribution in [2.75, 3.05) is 6.54 Å². The fraction of sp³-hybridized carbons (Fsp3) is 0.100. The van der Waals surface area contributed by atoms with Crippen LogP contribution in [0.5, 0.6) is 0 Å². The molecule has 66 valence electrons. The van der Waals surface area contributed by atoms with Gasteiger partial charge in [-0.3, -0.25) is 4.79 Å². The average molecular weight is 175 g/mol. The molecule has 0 fully saturated rings. The molecule has 0 aliphatic carbocycles. The van der Waals surface area contributed by atoms with Crippen LogP contribution in [-0.4, -0.2) is 18.4 Å². The van der Waals surface area contributed by atoms with Crippen molar-refractivity contribution < 1.29 is 9.59 Å². The van der Waals surface area contributed by atoms with Crippen molar-refractivity contribution in [2.24, 2.45) is 0 Å². The first-order valence-corrected chi connectivity index (χ1v) is 3.87. The van der Waals surface area contributed by atoms with Gasteiger partial charge in [-0.2, -0.15) is 0 Å². The van der Waals surface area contributed by atoms with Crippen LogP contribution in [0, 0.1) is 0 Å². The third-order valence-corrected chi connectivity index (χ3v) is 1.48. The highest BCUT2D eigenvalue weighted by Gasteiger charge is 2.00. The van der Waals surface area contributed by atoms with Gasteiger partial charge in [0.2, 0.25) is 0 Å². The molecular weight excluding hydrogens is 166 g/mol. The molecule has 0 unspecified atom stereocenters. The molecule has 1 rings (SSSR count). The molecule has 1 aromatic rings. The number of hydrogen-bond donors (Lipinski definition) is 1. The SMILES string of the molecule is O=C=CCNC(=O)c1ccccc1. The van der Waals surface area contributed by atoms with E-state index in [-0.39, 0.29) is 12.5 Å². The molecule has 0 saturated heterocycles. The fourth-order valence-corrected chi connectivity index (χ4v) is 0.877. The topological polar surface area (TPSA) is 46.2 Å². The van der Waals surface area contributed by atoms with Gasteiger partial charge in [-0.05, 0) is 12.1 Å². The Morgan fingerprint density at radius 3 is 2.69 bits per heavy atom. The lowest BCUT2D eigenvalue weighted by Crippen LogP contribution is -2.23. The molecule has 3 nitrogen and oxygen atoms in total. The minimum Gasteiger partial charge on any atom is -0.348 e. The van der Waals surface area contributed by atoms with Crippen molar-refractivity contribution in [3.05, 3.63) is 42.0 Å². The van der Waals surface area contributed by atoms with Gasteiger partial charge in [-0.15, -0.1) is 0 Å². The molecule has 0 saturated carbocycles. The highest BCUT2D eigenvalue weighted by atomic mass is 16.1. The molecule has 3 heteroatoms. The molecule has 0 aliphatic rings. The highest BCUT2D eigenvalue weighted by molar-refractivity contribution is 5.94. The summed E-state index contributed by atoms with van der Waals surface area (Å²) in [5.41, 5.74) is 0.585. The van der Waals surface area contributed by atoms with E-state index in [1.807, 2.05) is 6.07 Å². The number of hydrogen-bond acceptors (Lipinski definition) is 2. The van der Waals surface area contributed by atoms with E-state index in [4.69, 9.17) is 0 Å². The summed E-state index contributed by atoms with van der Waals surface area (Å²) in [5.74, 6) is 1.40. The zero-order valence-electron chi connectivity index (χ0n) is 6.99. The summed E-state index contributed by atoms with van der Waals surface area (Å²) in [6, 6.07) is 8.82. The van der Waals surface area contributed by atoms with Gasteiger partial charge in [0.25, 0.3) is 5.91 Å². The lowest BCUT2D eigenvalue weighted by atomic mass is 10.2. The number of carbonyl (C=O) groups excluding carboxylic acids is 2. The second-order valence-corrected chi connectivity index (χ2v) is 2.40. The van der Waals surface area contributed by atoms with E-state index in [9.17, 15) is 9.59 Å². The normalized spacial score (nSPS) is 8.62. The van der Waals surface area contributed by atoms with Crippen molar-refractivity contribution in [3.8, 4) is 0 Å². The van der Waals surface area contributed by atoms with Crippen LogP contribution in [0.15, 0.2) is 36.4 Å². The minimum absolute atomic E-state index is 0.188. The number of rotatable bonds is 3. The number of amides is 1. The maximum absolute atomic E-state index is 11.3. The van der Waals surface area contributed by atoms with Crippen LogP contribution in [0.25, 0.3) is 0 Å². The Labute approximate surface area is 76.1 Å². The molecule has 0 aliphatic heterocycles. The van der Waals surface area contributed by atoms with Crippen LogP contribution < -0.4 is 5.32 Å². The summed E-state index contributed by atoms with van der Waals surface area (Å²) < 4.78 is 0. The van der Waals surface area contributed by atoms with E-state index in [2.05, 4.69) is 5.32 Å². The molecule has 1 amide bonds. The van der Waals surface area contributed by atoms with E-state index >= 15 is 0 Å². The van der Waals surface area contributed by atoms with Crippen LogP contribution in [0.3, 0.4) is 0 Å². The van der Waals surface area contributed by atoms with Gasteiger partial charge < -0.3 is 5.32 Å². The summed E-state index contributed by atoms with van der Waals surface area (Å²) in [4.78, 5) is 21.0. The van der Waals surface area contributed by atoms with Crippen molar-refractivity contribution in [2.45, 2.75) is 0 Å². The Balaban J connectivity index is 2.54. The molecular formula is C10H9NO2. The summed E-state index contributed by atoms with van der Waals surface area (Å²) >= 11 is 0. The second-order valence-electron chi connectivity index (χ2n) is 2.40. The number of nitrogens with one attached hydrogen (secondary N) is 1. The van der Waals surface area contributed by atoms with Crippen molar-refractivity contribution in [3.63, 3.8) is 0 Å². The third kappa shape index (κ3) is 2.93. The Morgan fingerprint density at radius 2 is 2.08 bits per heavy atom. The van der Waals surface area contributed by atoms with E-state index in [0.717, 1.165) is 0 Å². The Bertz CT molecular complexity index is 326. The van der Waals surface area contributed by atoms with Crippen LogP contribution in [0.1, 0.15) is 10.4 Å². The molecule has 1 aromatic carbocycles. The van der Waals surface area contributed by atoms with Gasteiger partial charge in [0.05, 0.1) is 0 Å². The van der Waals surface area contributed by atoms with Gasteiger partial charge in [-0.25, -0.2) is 4.79 Å². The van der Waals surface area contributed by atoms with Crippen molar-refractivity contribution in [1.29, 1.82) is 0 Å². The zero-order valence-corrected chi connectivity index (χ0v) is 6.99. The molecule has 0 atom stereocenters. The average Bonchev–Trinajstić information content (AvgIpc) is 2.19. The monoisotopic (exact) mass is 175 g/mol. The first-order valence-electron chi connectivity index (χ1n) is 3.87. The Morgan fingerprint density at radius 1 is 1.38 bits per heavy atom. The molecule has 13 heavy (non-hydrogen) atoms. The van der Waals surface area contributed by atoms with Gasteiger partial charge in [0.1, 0.15) is 5.94 Å². The van der Waals surface area contributed by atoms with Gasteiger partial charge in [0, 0.05) is 18.2 Å². The van der Waals surface area contributed by atoms with Gasteiger partial charge in [-0.1, -0.05) is 18.2 Å². The zero-order chi connectivity index (χ0) is 9.52. The fourth-order valence-electron chi connectivity index (χ4n) is 0.877. The molecule has 0 aromatic heterocycles. The summed E-state index contributed by atoms with van der Waals surface area (Å²) in [6.45, 7) is 0.219. The standard InChI is InChI=1S/C10H9NO2/c12-8-4-7-11-10(13)9-5-2-1-3-6-9/h1-6H,7H2,(H,11,13). The minimum atomic E-state index is -0.188. The lowest BCUT2D eigenvalue weighted by Gasteiger charge is -1.99. The molecule has 0 radical (unpaired) electrons. The van der Waals surface area contributed by atoms with E-state index in [1.54, 1.807) is 30.2 Å². The van der Waals surface area contributed by atoms with Gasteiger partial charge >= 0.3 is 0 Å². The summed E-state index contributed by atoms with van der Waals surface area (Å²) in [6.07, 6.45) is 1.22. The van der Waals surface area contributed by atoms with E-state index < -0.39 is 0 Å². The van der Waals surface area contributed by atoms with Crippen LogP contribution in [0.4, 0.5) is 0 Å². The first kappa shape index (κ1) is 9.23. The third-order valence-electron chi connectivity index (χ3n) is 1.48. The quantitative estimate of drug-likeness (QED) is 0.691. The Kier molecular flexibility index (Phi) is 3.48. The Hall–Kier alpha value is -1.86. The maximum Gasteiger partial charge on any atom is 0.251 e. The highest BCUT2D eigenvalue weighted by Crippen LogP contribution is 1.96. The predicted molar refractivity (Wildman–Crippen MR) is 49.0 cm³/mol.